The number of nitro benzene ring substituents is 1. The highest BCUT2D eigenvalue weighted by Crippen LogP contribution is 2.31. The zero-order valence-corrected chi connectivity index (χ0v) is 11.0. The lowest BCUT2D eigenvalue weighted by Crippen LogP contribution is -2.36. The predicted octanol–water partition coefficient (Wildman–Crippen LogP) is 0.290. The zero-order chi connectivity index (χ0) is 14.5. The van der Waals surface area contributed by atoms with Crippen molar-refractivity contribution in [3.63, 3.8) is 0 Å². The van der Waals surface area contributed by atoms with Crippen LogP contribution in [-0.2, 0) is 9.84 Å². The molecule has 9 heteroatoms. The summed E-state index contributed by atoms with van der Waals surface area (Å²) in [6.07, 6.45) is 0. The van der Waals surface area contributed by atoms with Crippen LogP contribution in [0.5, 0.6) is 0 Å². The van der Waals surface area contributed by atoms with Gasteiger partial charge in [-0.2, -0.15) is 0 Å². The molecule has 1 N–H and O–H groups in total. The first-order chi connectivity index (χ1) is 9.37. The fourth-order valence-electron chi connectivity index (χ4n) is 2.67. The summed E-state index contributed by atoms with van der Waals surface area (Å²) in [5, 5.41) is 13.4. The van der Waals surface area contributed by atoms with E-state index < -0.39 is 32.9 Å². The number of carbonyl (C=O) groups is 1. The summed E-state index contributed by atoms with van der Waals surface area (Å²) in [5.74, 6) is -0.214. The van der Waals surface area contributed by atoms with Gasteiger partial charge in [-0.25, -0.2) is 13.2 Å². The normalized spacial score (nSPS) is 27.2. The summed E-state index contributed by atoms with van der Waals surface area (Å²) in [6.45, 7) is 0. The number of nitrogens with zero attached hydrogens (tertiary/aromatic N) is 2. The van der Waals surface area contributed by atoms with Crippen molar-refractivity contribution in [2.45, 2.75) is 12.1 Å². The predicted molar refractivity (Wildman–Crippen MR) is 70.3 cm³/mol. The summed E-state index contributed by atoms with van der Waals surface area (Å²) in [6, 6.07) is 4.24. The molecule has 0 bridgehead atoms. The highest BCUT2D eigenvalue weighted by molar-refractivity contribution is 7.91. The van der Waals surface area contributed by atoms with Gasteiger partial charge in [-0.15, -0.1) is 0 Å². The van der Waals surface area contributed by atoms with Gasteiger partial charge >= 0.3 is 6.03 Å². The fraction of sp³-hybridized carbons (Fsp3) is 0.364. The van der Waals surface area contributed by atoms with E-state index in [0.717, 1.165) is 0 Å². The van der Waals surface area contributed by atoms with E-state index >= 15 is 0 Å². The second kappa shape index (κ2) is 4.17. The van der Waals surface area contributed by atoms with Gasteiger partial charge in [-0.3, -0.25) is 15.0 Å². The van der Waals surface area contributed by atoms with Crippen LogP contribution >= 0.6 is 0 Å². The molecule has 0 aromatic heterocycles. The van der Waals surface area contributed by atoms with Gasteiger partial charge in [0.1, 0.15) is 0 Å². The van der Waals surface area contributed by atoms with Crippen molar-refractivity contribution in [2.75, 3.05) is 16.4 Å². The van der Waals surface area contributed by atoms with Crippen molar-refractivity contribution in [1.29, 1.82) is 0 Å². The van der Waals surface area contributed by atoms with Crippen LogP contribution in [0.2, 0.25) is 0 Å². The number of anilines is 1. The van der Waals surface area contributed by atoms with Gasteiger partial charge in [0, 0.05) is 12.1 Å². The highest BCUT2D eigenvalue weighted by atomic mass is 32.2. The smallest absolute Gasteiger partial charge is 0.322 e. The summed E-state index contributed by atoms with van der Waals surface area (Å²) < 4.78 is 23.2. The number of sulfone groups is 1. The number of benzene rings is 1. The van der Waals surface area contributed by atoms with E-state index in [-0.39, 0.29) is 17.2 Å². The van der Waals surface area contributed by atoms with E-state index in [9.17, 15) is 23.3 Å². The molecule has 0 aliphatic carbocycles. The van der Waals surface area contributed by atoms with Crippen LogP contribution in [0.25, 0.3) is 0 Å². The lowest BCUT2D eigenvalue weighted by Gasteiger charge is -2.20. The molecule has 2 atom stereocenters. The monoisotopic (exact) mass is 297 g/mol. The maximum absolute atomic E-state index is 11.9. The molecule has 2 heterocycles. The third-order valence-electron chi connectivity index (χ3n) is 3.50. The minimum atomic E-state index is -3.19. The SMILES string of the molecule is O=C1N[C@@H]2CS(=O)(=O)C[C@@H]2N1c1cccc([N+](=O)[O-])c1. The van der Waals surface area contributed by atoms with Crippen molar-refractivity contribution >= 4 is 27.2 Å². The number of carbonyl (C=O) groups excluding carboxylic acids is 1. The number of rotatable bonds is 2. The first-order valence-electron chi connectivity index (χ1n) is 5.92. The van der Waals surface area contributed by atoms with Gasteiger partial charge in [0.15, 0.2) is 9.84 Å². The highest BCUT2D eigenvalue weighted by Gasteiger charge is 2.49. The van der Waals surface area contributed by atoms with Crippen molar-refractivity contribution < 1.29 is 18.1 Å². The number of non-ortho nitro benzene ring substituents is 1. The number of nitro groups is 1. The Bertz CT molecular complexity index is 702. The first kappa shape index (κ1) is 12.9. The molecule has 1 aromatic carbocycles. The van der Waals surface area contributed by atoms with Gasteiger partial charge in [0.25, 0.3) is 5.69 Å². The molecule has 2 aliphatic rings. The van der Waals surface area contributed by atoms with E-state index in [1.54, 1.807) is 6.07 Å². The topological polar surface area (TPSA) is 110 Å². The van der Waals surface area contributed by atoms with Crippen molar-refractivity contribution in [1.82, 2.24) is 5.32 Å². The van der Waals surface area contributed by atoms with Crippen LogP contribution in [0.15, 0.2) is 24.3 Å². The quantitative estimate of drug-likeness (QED) is 0.479. The average molecular weight is 297 g/mol. The van der Waals surface area contributed by atoms with Crippen molar-refractivity contribution in [2.24, 2.45) is 0 Å². The molecule has 20 heavy (non-hydrogen) atoms. The molecule has 0 saturated carbocycles. The van der Waals surface area contributed by atoms with Crippen LogP contribution in [0.1, 0.15) is 0 Å². The lowest BCUT2D eigenvalue weighted by atomic mass is 10.1. The number of fused-ring (bicyclic) bond motifs is 1. The van der Waals surface area contributed by atoms with Gasteiger partial charge in [0.05, 0.1) is 34.2 Å². The number of hydrogen-bond donors (Lipinski definition) is 1. The fourth-order valence-corrected chi connectivity index (χ4v) is 4.56. The largest absolute Gasteiger partial charge is 0.332 e. The van der Waals surface area contributed by atoms with E-state index in [0.29, 0.717) is 5.69 Å². The Morgan fingerprint density at radius 1 is 1.35 bits per heavy atom. The minimum absolute atomic E-state index is 0.0885. The number of urea groups is 1. The van der Waals surface area contributed by atoms with Crippen LogP contribution in [-0.4, -0.2) is 43.0 Å². The average Bonchev–Trinajstić information content (AvgIpc) is 2.79. The molecule has 0 spiro atoms. The van der Waals surface area contributed by atoms with Gasteiger partial charge < -0.3 is 5.32 Å². The van der Waals surface area contributed by atoms with Gasteiger partial charge in [-0.05, 0) is 6.07 Å². The molecule has 2 aliphatic heterocycles. The molecular weight excluding hydrogens is 286 g/mol. The van der Waals surface area contributed by atoms with Crippen molar-refractivity contribution in [3.8, 4) is 0 Å². The second-order valence-corrected chi connectivity index (χ2v) is 7.00. The molecule has 8 nitrogen and oxygen atoms in total. The maximum atomic E-state index is 11.9. The third-order valence-corrected chi connectivity index (χ3v) is 5.22. The first-order valence-corrected chi connectivity index (χ1v) is 7.74. The molecular formula is C11H11N3O5S. The Labute approximate surface area is 114 Å². The molecule has 0 unspecified atom stereocenters. The molecule has 0 radical (unpaired) electrons. The van der Waals surface area contributed by atoms with Crippen LogP contribution < -0.4 is 10.2 Å². The lowest BCUT2D eigenvalue weighted by molar-refractivity contribution is -0.384. The zero-order valence-electron chi connectivity index (χ0n) is 10.2. The van der Waals surface area contributed by atoms with E-state index in [2.05, 4.69) is 5.32 Å². The standard InChI is InChI=1S/C11H11N3O5S/c15-11-12-9-5-20(18,19)6-10(9)13(11)7-2-1-3-8(4-7)14(16)17/h1-4,9-10H,5-6H2,(H,12,15)/t9-,10+/m1/s1. The Morgan fingerprint density at radius 3 is 2.80 bits per heavy atom. The summed E-state index contributed by atoms with van der Waals surface area (Å²) in [4.78, 5) is 23.4. The Morgan fingerprint density at radius 2 is 2.10 bits per heavy atom. The minimum Gasteiger partial charge on any atom is -0.332 e. The second-order valence-electron chi connectivity index (χ2n) is 4.85. The number of hydrogen-bond acceptors (Lipinski definition) is 5. The summed E-state index contributed by atoms with van der Waals surface area (Å²) >= 11 is 0. The molecule has 2 amide bonds. The third kappa shape index (κ3) is 1.99. The Hall–Kier alpha value is -2.16. The molecule has 3 rings (SSSR count). The number of nitrogens with one attached hydrogen (secondary N) is 1. The summed E-state index contributed by atoms with van der Waals surface area (Å²) in [7, 11) is -3.19. The van der Waals surface area contributed by atoms with Gasteiger partial charge in [-0.1, -0.05) is 6.07 Å². The molecule has 2 saturated heterocycles. The maximum Gasteiger partial charge on any atom is 0.322 e. The molecule has 2 fully saturated rings. The van der Waals surface area contributed by atoms with E-state index in [1.807, 2.05) is 0 Å². The number of amides is 2. The molecule has 106 valence electrons. The van der Waals surface area contributed by atoms with Crippen LogP contribution in [0.4, 0.5) is 16.2 Å². The van der Waals surface area contributed by atoms with E-state index in [4.69, 9.17) is 0 Å². The van der Waals surface area contributed by atoms with Crippen molar-refractivity contribution in [3.05, 3.63) is 34.4 Å². The van der Waals surface area contributed by atoms with Gasteiger partial charge in [0.2, 0.25) is 0 Å². The Balaban J connectivity index is 1.99. The summed E-state index contributed by atoms with van der Waals surface area (Å²) in [5.41, 5.74) is 0.195. The Kier molecular flexibility index (Phi) is 2.68. The van der Waals surface area contributed by atoms with Crippen LogP contribution in [0.3, 0.4) is 0 Å². The van der Waals surface area contributed by atoms with Crippen LogP contribution in [0, 0.1) is 10.1 Å². The molecule has 1 aromatic rings. The van der Waals surface area contributed by atoms with E-state index in [1.165, 1.54) is 23.1 Å².